The van der Waals surface area contributed by atoms with Gasteiger partial charge >= 0.3 is 0 Å². The molecule has 0 atom stereocenters. The number of hydrogen-bond acceptors (Lipinski definition) is 2. The molecular weight excluding hydrogens is 256 g/mol. The normalized spacial score (nSPS) is 12.0. The molecule has 120 valence electrons. The standard InChI is InChI=1S/C19H34N2/c1-19(2,3)20-15-10-5-6-11-16-21(4)17-14-18-12-8-7-9-13-18/h7-9,12-13,20H,5-6,10-11,14-17H2,1-4H3. The van der Waals surface area contributed by atoms with Gasteiger partial charge in [-0.2, -0.15) is 0 Å². The van der Waals surface area contributed by atoms with E-state index in [2.05, 4.69) is 68.4 Å². The average Bonchev–Trinajstić information content (AvgIpc) is 2.44. The van der Waals surface area contributed by atoms with Crippen molar-refractivity contribution in [1.29, 1.82) is 0 Å². The van der Waals surface area contributed by atoms with Crippen LogP contribution in [0.1, 0.15) is 52.0 Å². The van der Waals surface area contributed by atoms with Crippen LogP contribution >= 0.6 is 0 Å². The Morgan fingerprint density at radius 3 is 2.24 bits per heavy atom. The van der Waals surface area contributed by atoms with E-state index >= 15 is 0 Å². The van der Waals surface area contributed by atoms with Crippen molar-refractivity contribution in [3.05, 3.63) is 35.9 Å². The molecule has 0 bridgehead atoms. The molecule has 0 saturated carbocycles. The van der Waals surface area contributed by atoms with Crippen molar-refractivity contribution in [1.82, 2.24) is 10.2 Å². The minimum Gasteiger partial charge on any atom is -0.312 e. The monoisotopic (exact) mass is 290 g/mol. The van der Waals surface area contributed by atoms with Crippen LogP contribution in [0.3, 0.4) is 0 Å². The average molecular weight is 290 g/mol. The van der Waals surface area contributed by atoms with E-state index in [1.807, 2.05) is 0 Å². The van der Waals surface area contributed by atoms with Crippen LogP contribution in [0.5, 0.6) is 0 Å². The van der Waals surface area contributed by atoms with Crippen molar-refractivity contribution in [3.8, 4) is 0 Å². The van der Waals surface area contributed by atoms with Crippen LogP contribution < -0.4 is 5.32 Å². The molecule has 0 aromatic heterocycles. The Bertz CT molecular complexity index is 354. The Kier molecular flexibility index (Phi) is 8.63. The van der Waals surface area contributed by atoms with Gasteiger partial charge in [0.2, 0.25) is 0 Å². The molecule has 0 aliphatic rings. The van der Waals surface area contributed by atoms with Crippen molar-refractivity contribution < 1.29 is 0 Å². The van der Waals surface area contributed by atoms with Crippen molar-refractivity contribution in [3.63, 3.8) is 0 Å². The van der Waals surface area contributed by atoms with E-state index in [0.29, 0.717) is 0 Å². The lowest BCUT2D eigenvalue weighted by Crippen LogP contribution is -2.36. The Balaban J connectivity index is 1.95. The predicted molar refractivity (Wildman–Crippen MR) is 93.9 cm³/mol. The summed E-state index contributed by atoms with van der Waals surface area (Å²) in [7, 11) is 2.24. The van der Waals surface area contributed by atoms with Crippen LogP contribution in [-0.2, 0) is 6.42 Å². The van der Waals surface area contributed by atoms with Gasteiger partial charge in [-0.25, -0.2) is 0 Å². The van der Waals surface area contributed by atoms with E-state index in [9.17, 15) is 0 Å². The Hall–Kier alpha value is -0.860. The van der Waals surface area contributed by atoms with Crippen molar-refractivity contribution >= 4 is 0 Å². The maximum Gasteiger partial charge on any atom is 0.00965 e. The number of hydrogen-bond donors (Lipinski definition) is 1. The molecule has 0 aliphatic carbocycles. The van der Waals surface area contributed by atoms with Gasteiger partial charge in [-0.3, -0.25) is 0 Å². The van der Waals surface area contributed by atoms with E-state index in [1.54, 1.807) is 0 Å². The number of nitrogens with one attached hydrogen (secondary N) is 1. The number of benzene rings is 1. The van der Waals surface area contributed by atoms with Crippen LogP contribution in [-0.4, -0.2) is 37.1 Å². The van der Waals surface area contributed by atoms with E-state index in [1.165, 1.54) is 37.8 Å². The first-order valence-corrected chi connectivity index (χ1v) is 8.45. The van der Waals surface area contributed by atoms with E-state index in [-0.39, 0.29) is 5.54 Å². The highest BCUT2D eigenvalue weighted by Gasteiger charge is 2.06. The molecule has 0 amide bonds. The van der Waals surface area contributed by atoms with Crippen LogP contribution in [0.4, 0.5) is 0 Å². The minimum atomic E-state index is 0.262. The number of nitrogens with zero attached hydrogens (tertiary/aromatic N) is 1. The Morgan fingerprint density at radius 1 is 0.905 bits per heavy atom. The Morgan fingerprint density at radius 2 is 1.57 bits per heavy atom. The summed E-state index contributed by atoms with van der Waals surface area (Å²) in [6, 6.07) is 10.8. The van der Waals surface area contributed by atoms with Crippen LogP contribution in [0.15, 0.2) is 30.3 Å². The fourth-order valence-corrected chi connectivity index (χ4v) is 2.40. The number of rotatable bonds is 10. The third kappa shape index (κ3) is 10.5. The van der Waals surface area contributed by atoms with Gasteiger partial charge in [0, 0.05) is 12.1 Å². The summed E-state index contributed by atoms with van der Waals surface area (Å²) in [4.78, 5) is 2.46. The second-order valence-corrected chi connectivity index (χ2v) is 7.13. The quantitative estimate of drug-likeness (QED) is 0.652. The van der Waals surface area contributed by atoms with Gasteiger partial charge in [0.1, 0.15) is 0 Å². The molecule has 1 rings (SSSR count). The summed E-state index contributed by atoms with van der Waals surface area (Å²) in [5.41, 5.74) is 1.70. The summed E-state index contributed by atoms with van der Waals surface area (Å²) >= 11 is 0. The zero-order valence-corrected chi connectivity index (χ0v) is 14.5. The van der Waals surface area contributed by atoms with Crippen molar-refractivity contribution in [2.45, 2.75) is 58.4 Å². The van der Waals surface area contributed by atoms with Gasteiger partial charge < -0.3 is 10.2 Å². The molecule has 2 nitrogen and oxygen atoms in total. The summed E-state index contributed by atoms with van der Waals surface area (Å²) in [6.45, 7) is 10.2. The molecule has 1 N–H and O–H groups in total. The van der Waals surface area contributed by atoms with Crippen molar-refractivity contribution in [2.24, 2.45) is 0 Å². The zero-order chi connectivity index (χ0) is 15.6. The number of unbranched alkanes of at least 4 members (excludes halogenated alkanes) is 3. The summed E-state index contributed by atoms with van der Waals surface area (Å²) in [6.07, 6.45) is 6.47. The van der Waals surface area contributed by atoms with Gasteiger partial charge in [-0.05, 0) is 65.7 Å². The van der Waals surface area contributed by atoms with E-state index < -0.39 is 0 Å². The predicted octanol–water partition coefficient (Wildman–Crippen LogP) is 4.11. The van der Waals surface area contributed by atoms with Crippen molar-refractivity contribution in [2.75, 3.05) is 26.7 Å². The highest BCUT2D eigenvalue weighted by Crippen LogP contribution is 2.05. The van der Waals surface area contributed by atoms with Crippen LogP contribution in [0.25, 0.3) is 0 Å². The zero-order valence-electron chi connectivity index (χ0n) is 14.5. The molecule has 21 heavy (non-hydrogen) atoms. The maximum absolute atomic E-state index is 3.55. The highest BCUT2D eigenvalue weighted by atomic mass is 15.1. The lowest BCUT2D eigenvalue weighted by molar-refractivity contribution is 0.326. The third-order valence-corrected chi connectivity index (χ3v) is 3.75. The fraction of sp³-hybridized carbons (Fsp3) is 0.684. The number of likely N-dealkylation sites (N-methyl/N-ethyl adjacent to an activating group) is 1. The fourth-order valence-electron chi connectivity index (χ4n) is 2.40. The summed E-state index contributed by atoms with van der Waals surface area (Å²) < 4.78 is 0. The smallest absolute Gasteiger partial charge is 0.00965 e. The lowest BCUT2D eigenvalue weighted by atomic mass is 10.1. The van der Waals surface area contributed by atoms with E-state index in [4.69, 9.17) is 0 Å². The molecule has 1 aromatic carbocycles. The van der Waals surface area contributed by atoms with E-state index in [0.717, 1.165) is 19.5 Å². The van der Waals surface area contributed by atoms with Gasteiger partial charge in [-0.15, -0.1) is 0 Å². The largest absolute Gasteiger partial charge is 0.312 e. The van der Waals surface area contributed by atoms with Gasteiger partial charge in [0.05, 0.1) is 0 Å². The first-order valence-electron chi connectivity index (χ1n) is 8.45. The molecule has 0 unspecified atom stereocenters. The second kappa shape index (κ2) is 9.97. The van der Waals surface area contributed by atoms with Crippen LogP contribution in [0, 0.1) is 0 Å². The first kappa shape index (κ1) is 18.2. The molecular formula is C19H34N2. The minimum absolute atomic E-state index is 0.262. The Labute approximate surface area is 131 Å². The first-order chi connectivity index (χ1) is 9.97. The molecule has 0 aliphatic heterocycles. The summed E-state index contributed by atoms with van der Waals surface area (Å²) in [5, 5.41) is 3.55. The molecule has 0 heterocycles. The molecule has 0 fully saturated rings. The highest BCUT2D eigenvalue weighted by molar-refractivity contribution is 5.14. The summed E-state index contributed by atoms with van der Waals surface area (Å²) in [5.74, 6) is 0. The molecule has 0 saturated heterocycles. The SMILES string of the molecule is CN(CCCCCCNC(C)(C)C)CCc1ccccc1. The topological polar surface area (TPSA) is 15.3 Å². The third-order valence-electron chi connectivity index (χ3n) is 3.75. The molecule has 0 radical (unpaired) electrons. The molecule has 2 heteroatoms. The molecule has 0 spiro atoms. The second-order valence-electron chi connectivity index (χ2n) is 7.13. The lowest BCUT2D eigenvalue weighted by Gasteiger charge is -2.20. The maximum atomic E-state index is 3.55. The van der Waals surface area contributed by atoms with Gasteiger partial charge in [-0.1, -0.05) is 43.2 Å². The van der Waals surface area contributed by atoms with Crippen LogP contribution in [0.2, 0.25) is 0 Å². The van der Waals surface area contributed by atoms with Gasteiger partial charge in [0.25, 0.3) is 0 Å². The van der Waals surface area contributed by atoms with Gasteiger partial charge in [0.15, 0.2) is 0 Å². The molecule has 1 aromatic rings.